The van der Waals surface area contributed by atoms with Gasteiger partial charge in [0.25, 0.3) is 0 Å². The number of H-pyrrole nitrogens is 1. The minimum absolute atomic E-state index is 0.0430. The van der Waals surface area contributed by atoms with Gasteiger partial charge in [-0.05, 0) is 36.1 Å². The topological polar surface area (TPSA) is 78.1 Å². The molecule has 0 radical (unpaired) electrons. The summed E-state index contributed by atoms with van der Waals surface area (Å²) in [7, 11) is 0. The van der Waals surface area contributed by atoms with Crippen molar-refractivity contribution in [2.45, 2.75) is 13.3 Å². The number of nitrogens with one attached hydrogen (secondary N) is 2. The highest BCUT2D eigenvalue weighted by atomic mass is 32.1. The zero-order valence-corrected chi connectivity index (χ0v) is 15.3. The lowest BCUT2D eigenvalue weighted by Crippen LogP contribution is -2.28. The Bertz CT molecular complexity index is 999. The van der Waals surface area contributed by atoms with Crippen molar-refractivity contribution in [3.63, 3.8) is 0 Å². The molecule has 0 saturated carbocycles. The lowest BCUT2D eigenvalue weighted by molar-refractivity contribution is -0.122. The van der Waals surface area contributed by atoms with E-state index >= 15 is 0 Å². The normalized spacial score (nSPS) is 16.7. The Morgan fingerprint density at radius 3 is 2.96 bits per heavy atom. The quantitative estimate of drug-likeness (QED) is 0.722. The Kier molecular flexibility index (Phi) is 4.49. The van der Waals surface area contributed by atoms with Gasteiger partial charge in [0, 0.05) is 19.0 Å². The van der Waals surface area contributed by atoms with Crippen molar-refractivity contribution in [3.05, 3.63) is 53.2 Å². The number of amides is 2. The average molecular weight is 384 g/mol. The van der Waals surface area contributed by atoms with E-state index in [0.717, 1.165) is 16.1 Å². The zero-order chi connectivity index (χ0) is 19.0. The monoisotopic (exact) mass is 384 g/mol. The van der Waals surface area contributed by atoms with E-state index in [1.165, 1.54) is 11.0 Å². The highest BCUT2D eigenvalue weighted by Crippen LogP contribution is 2.29. The fourth-order valence-corrected chi connectivity index (χ4v) is 3.81. The lowest BCUT2D eigenvalue weighted by atomic mass is 10.1. The maximum Gasteiger partial charge on any atom is 0.231 e. The maximum atomic E-state index is 14.2. The van der Waals surface area contributed by atoms with Crippen LogP contribution < -0.4 is 10.2 Å². The van der Waals surface area contributed by atoms with Gasteiger partial charge < -0.3 is 10.2 Å². The van der Waals surface area contributed by atoms with E-state index in [2.05, 4.69) is 15.5 Å². The van der Waals surface area contributed by atoms with Gasteiger partial charge in [-0.15, -0.1) is 11.3 Å². The number of aromatic nitrogens is 2. The van der Waals surface area contributed by atoms with Crippen molar-refractivity contribution in [1.29, 1.82) is 0 Å². The number of carbonyl (C=O) groups is 2. The van der Waals surface area contributed by atoms with Gasteiger partial charge in [0.05, 0.1) is 22.2 Å². The Labute approximate surface area is 159 Å². The van der Waals surface area contributed by atoms with Crippen LogP contribution in [0.2, 0.25) is 0 Å². The van der Waals surface area contributed by atoms with Crippen molar-refractivity contribution in [2.24, 2.45) is 5.92 Å². The zero-order valence-electron chi connectivity index (χ0n) is 14.5. The number of thiophene rings is 1. The van der Waals surface area contributed by atoms with E-state index in [0.29, 0.717) is 5.82 Å². The van der Waals surface area contributed by atoms with Crippen molar-refractivity contribution in [2.75, 3.05) is 16.8 Å². The van der Waals surface area contributed by atoms with Crippen LogP contribution in [-0.2, 0) is 9.59 Å². The number of aryl methyl sites for hydroxylation is 1. The summed E-state index contributed by atoms with van der Waals surface area (Å²) >= 11 is 1.56. The van der Waals surface area contributed by atoms with Gasteiger partial charge >= 0.3 is 0 Å². The van der Waals surface area contributed by atoms with Gasteiger partial charge in [-0.1, -0.05) is 12.1 Å². The molecular formula is C19H17FN4O2S. The van der Waals surface area contributed by atoms with E-state index in [-0.39, 0.29) is 30.5 Å². The van der Waals surface area contributed by atoms with Crippen LogP contribution in [0.4, 0.5) is 15.9 Å². The van der Waals surface area contributed by atoms with Crippen molar-refractivity contribution < 1.29 is 14.0 Å². The molecule has 2 amide bonds. The largest absolute Gasteiger partial charge is 0.309 e. The number of halogens is 1. The molecule has 0 spiro atoms. The number of nitrogens with zero attached hydrogens (tertiary/aromatic N) is 2. The minimum atomic E-state index is -0.555. The molecule has 4 rings (SSSR count). The summed E-state index contributed by atoms with van der Waals surface area (Å²) in [5.41, 5.74) is 1.80. The number of hydrogen-bond donors (Lipinski definition) is 2. The molecule has 27 heavy (non-hydrogen) atoms. The molecule has 3 heterocycles. The Balaban J connectivity index is 1.45. The van der Waals surface area contributed by atoms with E-state index in [1.807, 2.05) is 17.5 Å². The van der Waals surface area contributed by atoms with E-state index in [4.69, 9.17) is 0 Å². The predicted molar refractivity (Wildman–Crippen MR) is 102 cm³/mol. The second kappa shape index (κ2) is 6.96. The van der Waals surface area contributed by atoms with Crippen LogP contribution in [0.25, 0.3) is 10.6 Å². The van der Waals surface area contributed by atoms with Gasteiger partial charge in [-0.2, -0.15) is 5.10 Å². The smallest absolute Gasteiger partial charge is 0.231 e. The van der Waals surface area contributed by atoms with Crippen LogP contribution in [0.15, 0.2) is 41.8 Å². The third kappa shape index (κ3) is 3.48. The number of rotatable bonds is 4. The van der Waals surface area contributed by atoms with Crippen LogP contribution in [-0.4, -0.2) is 28.6 Å². The van der Waals surface area contributed by atoms with Crippen molar-refractivity contribution >= 4 is 34.7 Å². The summed E-state index contributed by atoms with van der Waals surface area (Å²) in [6, 6.07) is 10.3. The van der Waals surface area contributed by atoms with Crippen LogP contribution in [0, 0.1) is 18.7 Å². The van der Waals surface area contributed by atoms with E-state index in [9.17, 15) is 14.0 Å². The van der Waals surface area contributed by atoms with Gasteiger partial charge in [-0.3, -0.25) is 14.7 Å². The molecule has 3 aromatic rings. The molecule has 1 aliphatic rings. The molecule has 1 aromatic carbocycles. The molecule has 1 saturated heterocycles. The third-order valence-corrected chi connectivity index (χ3v) is 5.41. The van der Waals surface area contributed by atoms with Gasteiger partial charge in [0.15, 0.2) is 5.82 Å². The standard InChI is InChI=1S/C19H17FN4O2S/c1-11-4-5-15(13(20)7-11)24-10-12(8-18(24)25)19(26)21-17-9-14(22-23-17)16-3-2-6-27-16/h2-7,9,12H,8,10H2,1H3,(H2,21,22,23,26). The predicted octanol–water partition coefficient (Wildman–Crippen LogP) is 3.58. The van der Waals surface area contributed by atoms with Crippen molar-refractivity contribution in [3.8, 4) is 10.6 Å². The second-order valence-electron chi connectivity index (χ2n) is 6.49. The first-order chi connectivity index (χ1) is 13.0. The molecule has 6 nitrogen and oxygen atoms in total. The fourth-order valence-electron chi connectivity index (χ4n) is 3.12. The van der Waals surface area contributed by atoms with E-state index < -0.39 is 11.7 Å². The SMILES string of the molecule is Cc1ccc(N2CC(C(=O)Nc3cc(-c4cccs4)[nH]n3)CC2=O)c(F)c1. The molecule has 1 fully saturated rings. The number of benzene rings is 1. The highest BCUT2D eigenvalue weighted by molar-refractivity contribution is 7.13. The summed E-state index contributed by atoms with van der Waals surface area (Å²) in [6.45, 7) is 1.93. The average Bonchev–Trinajstić information content (AvgIpc) is 3.35. The van der Waals surface area contributed by atoms with Gasteiger partial charge in [0.2, 0.25) is 11.8 Å². The number of aromatic amines is 1. The molecule has 1 unspecified atom stereocenters. The Morgan fingerprint density at radius 1 is 1.37 bits per heavy atom. The molecule has 138 valence electrons. The fraction of sp³-hybridized carbons (Fsp3) is 0.211. The molecule has 0 aliphatic carbocycles. The maximum absolute atomic E-state index is 14.2. The summed E-state index contributed by atoms with van der Waals surface area (Å²) < 4.78 is 14.2. The second-order valence-corrected chi connectivity index (χ2v) is 7.44. The minimum Gasteiger partial charge on any atom is -0.309 e. The molecular weight excluding hydrogens is 367 g/mol. The Morgan fingerprint density at radius 2 is 2.22 bits per heavy atom. The first-order valence-corrected chi connectivity index (χ1v) is 9.36. The number of carbonyl (C=O) groups excluding carboxylic acids is 2. The number of hydrogen-bond acceptors (Lipinski definition) is 4. The summed E-state index contributed by atoms with van der Waals surface area (Å²) in [5.74, 6) is -1.19. The van der Waals surface area contributed by atoms with Crippen LogP contribution >= 0.6 is 11.3 Å². The first-order valence-electron chi connectivity index (χ1n) is 8.48. The van der Waals surface area contributed by atoms with Crippen LogP contribution in [0.5, 0.6) is 0 Å². The molecule has 8 heteroatoms. The lowest BCUT2D eigenvalue weighted by Gasteiger charge is -2.17. The summed E-state index contributed by atoms with van der Waals surface area (Å²) in [4.78, 5) is 27.2. The van der Waals surface area contributed by atoms with Crippen LogP contribution in [0.1, 0.15) is 12.0 Å². The molecule has 2 N–H and O–H groups in total. The first kappa shape index (κ1) is 17.4. The molecule has 0 bridgehead atoms. The Hall–Kier alpha value is -3.00. The third-order valence-electron chi connectivity index (χ3n) is 4.51. The van der Waals surface area contributed by atoms with Crippen LogP contribution in [0.3, 0.4) is 0 Å². The van der Waals surface area contributed by atoms with Gasteiger partial charge in [0.1, 0.15) is 5.82 Å². The highest BCUT2D eigenvalue weighted by Gasteiger charge is 2.36. The molecule has 1 aliphatic heterocycles. The summed E-state index contributed by atoms with van der Waals surface area (Å²) in [5, 5.41) is 11.7. The van der Waals surface area contributed by atoms with Crippen molar-refractivity contribution in [1.82, 2.24) is 10.2 Å². The van der Waals surface area contributed by atoms with Gasteiger partial charge in [-0.25, -0.2) is 4.39 Å². The molecule has 2 aromatic heterocycles. The number of anilines is 2. The molecule has 1 atom stereocenters. The summed E-state index contributed by atoms with van der Waals surface area (Å²) in [6.07, 6.45) is 0.0430. The van der Waals surface area contributed by atoms with E-state index in [1.54, 1.807) is 36.5 Å².